The van der Waals surface area contributed by atoms with Gasteiger partial charge < -0.3 is 19.7 Å². The third-order valence-corrected chi connectivity index (χ3v) is 4.23. The lowest BCUT2D eigenvalue weighted by atomic mass is 10.1. The van der Waals surface area contributed by atoms with Crippen LogP contribution >= 0.6 is 0 Å². The third kappa shape index (κ3) is 4.31. The zero-order valence-electron chi connectivity index (χ0n) is 14.7. The summed E-state index contributed by atoms with van der Waals surface area (Å²) >= 11 is 0. The summed E-state index contributed by atoms with van der Waals surface area (Å²) in [6.07, 6.45) is -0.0952. The first-order valence-corrected chi connectivity index (χ1v) is 8.63. The van der Waals surface area contributed by atoms with Crippen LogP contribution < -0.4 is 10.1 Å². The molecule has 0 aliphatic carbocycles. The van der Waals surface area contributed by atoms with E-state index >= 15 is 0 Å². The molecule has 0 aromatic heterocycles. The van der Waals surface area contributed by atoms with E-state index in [1.54, 1.807) is 4.90 Å². The van der Waals surface area contributed by atoms with Gasteiger partial charge in [0, 0.05) is 6.54 Å². The first-order chi connectivity index (χ1) is 12.2. The number of morpholine rings is 1. The highest BCUT2D eigenvalue weighted by Crippen LogP contribution is 2.26. The largest absolute Gasteiger partial charge is 0.492 e. The van der Waals surface area contributed by atoms with E-state index in [0.717, 1.165) is 5.56 Å². The Labute approximate surface area is 148 Å². The smallest absolute Gasteiger partial charge is 0.322 e. The van der Waals surface area contributed by atoms with Gasteiger partial charge >= 0.3 is 6.03 Å². The van der Waals surface area contributed by atoms with E-state index in [4.69, 9.17) is 9.47 Å². The number of hydrogen-bond acceptors (Lipinski definition) is 3. The Morgan fingerprint density at radius 2 is 2.00 bits per heavy atom. The molecular formula is C20H24N2O3. The molecule has 2 aromatic carbocycles. The zero-order chi connectivity index (χ0) is 17.6. The number of aryl methyl sites for hydroxylation is 1. The van der Waals surface area contributed by atoms with Crippen molar-refractivity contribution in [1.82, 2.24) is 4.90 Å². The van der Waals surface area contributed by atoms with E-state index in [2.05, 4.69) is 36.5 Å². The number of rotatable bonds is 4. The zero-order valence-corrected chi connectivity index (χ0v) is 14.7. The summed E-state index contributed by atoms with van der Waals surface area (Å²) in [7, 11) is 0. The quantitative estimate of drug-likeness (QED) is 0.915. The van der Waals surface area contributed by atoms with Gasteiger partial charge in [0.05, 0.1) is 25.4 Å². The van der Waals surface area contributed by atoms with E-state index in [9.17, 15) is 4.79 Å². The van der Waals surface area contributed by atoms with Gasteiger partial charge in [-0.15, -0.1) is 0 Å². The molecule has 1 aliphatic rings. The average molecular weight is 340 g/mol. The van der Waals surface area contributed by atoms with Crippen LogP contribution in [0.15, 0.2) is 48.5 Å². The summed E-state index contributed by atoms with van der Waals surface area (Å²) in [4.78, 5) is 14.4. The Hall–Kier alpha value is -2.53. The van der Waals surface area contributed by atoms with Crippen molar-refractivity contribution < 1.29 is 14.3 Å². The average Bonchev–Trinajstić information content (AvgIpc) is 2.64. The number of carbonyl (C=O) groups excluding carboxylic acids is 1. The number of nitrogens with zero attached hydrogens (tertiary/aromatic N) is 1. The van der Waals surface area contributed by atoms with Crippen LogP contribution in [0.5, 0.6) is 5.75 Å². The topological polar surface area (TPSA) is 50.8 Å². The third-order valence-electron chi connectivity index (χ3n) is 4.23. The molecule has 132 valence electrons. The molecule has 1 aliphatic heterocycles. The predicted molar refractivity (Wildman–Crippen MR) is 98.1 cm³/mol. The number of benzene rings is 2. The molecule has 1 unspecified atom stereocenters. The van der Waals surface area contributed by atoms with Crippen molar-refractivity contribution in [1.29, 1.82) is 0 Å². The van der Waals surface area contributed by atoms with Gasteiger partial charge in [-0.05, 0) is 31.5 Å². The molecule has 5 heteroatoms. The van der Waals surface area contributed by atoms with Crippen LogP contribution in [0.1, 0.15) is 24.2 Å². The Bertz CT molecular complexity index is 715. The molecule has 0 spiro atoms. The maximum atomic E-state index is 12.7. The summed E-state index contributed by atoms with van der Waals surface area (Å²) in [5.74, 6) is 0.682. The lowest BCUT2D eigenvalue weighted by Crippen LogP contribution is -2.44. The molecule has 0 bridgehead atoms. The van der Waals surface area contributed by atoms with E-state index in [0.29, 0.717) is 37.7 Å². The van der Waals surface area contributed by atoms with Gasteiger partial charge in [0.1, 0.15) is 11.9 Å². The minimum Gasteiger partial charge on any atom is -0.492 e. The number of anilines is 1. The van der Waals surface area contributed by atoms with Gasteiger partial charge in [-0.25, -0.2) is 4.79 Å². The Morgan fingerprint density at radius 1 is 1.24 bits per heavy atom. The van der Waals surface area contributed by atoms with Crippen molar-refractivity contribution >= 4 is 11.7 Å². The van der Waals surface area contributed by atoms with Crippen molar-refractivity contribution in [2.75, 3.05) is 31.6 Å². The summed E-state index contributed by atoms with van der Waals surface area (Å²) in [5, 5.41) is 2.95. The van der Waals surface area contributed by atoms with Crippen molar-refractivity contribution in [3.8, 4) is 5.75 Å². The fraction of sp³-hybridized carbons (Fsp3) is 0.350. The molecule has 25 heavy (non-hydrogen) atoms. The van der Waals surface area contributed by atoms with Gasteiger partial charge in [0.15, 0.2) is 0 Å². The van der Waals surface area contributed by atoms with Crippen LogP contribution in [0.3, 0.4) is 0 Å². The van der Waals surface area contributed by atoms with Gasteiger partial charge in [0.2, 0.25) is 0 Å². The first-order valence-electron chi connectivity index (χ1n) is 8.63. The molecule has 2 amide bonds. The number of nitrogens with one attached hydrogen (secondary N) is 1. The summed E-state index contributed by atoms with van der Waals surface area (Å²) in [6.45, 7) is 6.17. The number of amides is 2. The number of hydrogen-bond donors (Lipinski definition) is 1. The van der Waals surface area contributed by atoms with Gasteiger partial charge in [-0.3, -0.25) is 0 Å². The predicted octanol–water partition coefficient (Wildman–Crippen LogP) is 4.00. The first kappa shape index (κ1) is 17.3. The lowest BCUT2D eigenvalue weighted by Gasteiger charge is -2.33. The van der Waals surface area contributed by atoms with Crippen molar-refractivity contribution in [2.45, 2.75) is 20.0 Å². The molecule has 0 saturated carbocycles. The summed E-state index contributed by atoms with van der Waals surface area (Å²) < 4.78 is 11.4. The minimum absolute atomic E-state index is 0.0952. The van der Waals surface area contributed by atoms with Crippen molar-refractivity contribution in [3.63, 3.8) is 0 Å². The second kappa shape index (κ2) is 8.03. The monoisotopic (exact) mass is 340 g/mol. The fourth-order valence-electron chi connectivity index (χ4n) is 2.86. The second-order valence-electron chi connectivity index (χ2n) is 6.08. The number of urea groups is 1. The molecular weight excluding hydrogens is 316 g/mol. The molecule has 1 atom stereocenters. The van der Waals surface area contributed by atoms with Gasteiger partial charge in [-0.1, -0.05) is 42.0 Å². The normalized spacial score (nSPS) is 17.2. The molecule has 5 nitrogen and oxygen atoms in total. The Kier molecular flexibility index (Phi) is 5.56. The molecule has 2 aromatic rings. The maximum absolute atomic E-state index is 12.7. The van der Waals surface area contributed by atoms with Crippen LogP contribution in [-0.2, 0) is 4.74 Å². The SMILES string of the molecule is CCOc1ccccc1NC(=O)N1CCOC(c2ccc(C)cc2)C1. The van der Waals surface area contributed by atoms with Crippen LogP contribution in [0, 0.1) is 6.92 Å². The highest BCUT2D eigenvalue weighted by Gasteiger charge is 2.25. The molecule has 1 heterocycles. The van der Waals surface area contributed by atoms with E-state index < -0.39 is 0 Å². The highest BCUT2D eigenvalue weighted by molar-refractivity contribution is 5.91. The summed E-state index contributed by atoms with van der Waals surface area (Å²) in [5.41, 5.74) is 2.99. The van der Waals surface area contributed by atoms with Gasteiger partial charge in [-0.2, -0.15) is 0 Å². The highest BCUT2D eigenvalue weighted by atomic mass is 16.5. The van der Waals surface area contributed by atoms with Crippen LogP contribution in [-0.4, -0.2) is 37.2 Å². The fourth-order valence-corrected chi connectivity index (χ4v) is 2.86. The lowest BCUT2D eigenvalue weighted by molar-refractivity contribution is -0.0135. The number of ether oxygens (including phenoxy) is 2. The molecule has 0 radical (unpaired) electrons. The second-order valence-corrected chi connectivity index (χ2v) is 6.08. The van der Waals surface area contributed by atoms with Crippen molar-refractivity contribution in [3.05, 3.63) is 59.7 Å². The number of carbonyl (C=O) groups is 1. The molecule has 1 N–H and O–H groups in total. The molecule has 1 saturated heterocycles. The van der Waals surface area contributed by atoms with Gasteiger partial charge in [0.25, 0.3) is 0 Å². The van der Waals surface area contributed by atoms with E-state index in [1.165, 1.54) is 5.56 Å². The Balaban J connectivity index is 1.67. The van der Waals surface area contributed by atoms with E-state index in [-0.39, 0.29) is 12.1 Å². The molecule has 1 fully saturated rings. The van der Waals surface area contributed by atoms with Crippen LogP contribution in [0.4, 0.5) is 10.5 Å². The van der Waals surface area contributed by atoms with Crippen LogP contribution in [0.2, 0.25) is 0 Å². The summed E-state index contributed by atoms with van der Waals surface area (Å²) in [6, 6.07) is 15.6. The van der Waals surface area contributed by atoms with Crippen LogP contribution in [0.25, 0.3) is 0 Å². The van der Waals surface area contributed by atoms with Crippen molar-refractivity contribution in [2.24, 2.45) is 0 Å². The van der Waals surface area contributed by atoms with E-state index in [1.807, 2.05) is 31.2 Å². The minimum atomic E-state index is -0.132. The maximum Gasteiger partial charge on any atom is 0.322 e. The standard InChI is InChI=1S/C20H24N2O3/c1-3-24-18-7-5-4-6-17(18)21-20(23)22-12-13-25-19(14-22)16-10-8-15(2)9-11-16/h4-11,19H,3,12-14H2,1-2H3,(H,21,23). The number of para-hydroxylation sites is 2. The molecule has 3 rings (SSSR count). The Morgan fingerprint density at radius 3 is 2.76 bits per heavy atom.